The van der Waals surface area contributed by atoms with Crippen LogP contribution in [-0.2, 0) is 9.59 Å². The molecule has 3 rings (SSSR count). The van der Waals surface area contributed by atoms with E-state index in [4.69, 9.17) is 0 Å². The maximum atomic E-state index is 11.9. The number of halogens is 1. The zero-order chi connectivity index (χ0) is 13.4. The first-order valence-electron chi connectivity index (χ1n) is 6.02. The summed E-state index contributed by atoms with van der Waals surface area (Å²) in [5.41, 5.74) is 0.926. The summed E-state index contributed by atoms with van der Waals surface area (Å²) in [4.78, 5) is 27.2. The molecule has 5 heteroatoms. The average molecular weight is 319 g/mol. The predicted molar refractivity (Wildman–Crippen MR) is 74.6 cm³/mol. The minimum absolute atomic E-state index is 0.190. The quantitative estimate of drug-likeness (QED) is 0.822. The van der Waals surface area contributed by atoms with Crippen LogP contribution < -0.4 is 5.32 Å². The van der Waals surface area contributed by atoms with Crippen molar-refractivity contribution in [3.05, 3.63) is 40.6 Å². The third-order valence-corrected chi connectivity index (χ3v) is 4.03. The largest absolute Gasteiger partial charge is 0.296 e. The second kappa shape index (κ2) is 4.74. The number of rotatable bonds is 1. The molecule has 1 aromatic carbocycles. The number of hydrogen-bond donors (Lipinski definition) is 1. The van der Waals surface area contributed by atoms with Crippen LogP contribution in [0.3, 0.4) is 0 Å². The van der Waals surface area contributed by atoms with Gasteiger partial charge in [-0.25, -0.2) is 0 Å². The molecule has 1 fully saturated rings. The van der Waals surface area contributed by atoms with Gasteiger partial charge in [0.1, 0.15) is 0 Å². The maximum absolute atomic E-state index is 11.9. The first-order chi connectivity index (χ1) is 9.15. The summed E-state index contributed by atoms with van der Waals surface area (Å²) in [5, 5.41) is 4.43. The highest BCUT2D eigenvalue weighted by atomic mass is 79.9. The molecule has 4 nitrogen and oxygen atoms in total. The van der Waals surface area contributed by atoms with Crippen molar-refractivity contribution in [2.75, 3.05) is 0 Å². The van der Waals surface area contributed by atoms with Crippen molar-refractivity contribution >= 4 is 38.5 Å². The first kappa shape index (κ1) is 12.3. The third-order valence-electron chi connectivity index (χ3n) is 3.37. The van der Waals surface area contributed by atoms with Crippen LogP contribution in [0.4, 0.5) is 0 Å². The van der Waals surface area contributed by atoms with Crippen LogP contribution >= 0.6 is 15.9 Å². The van der Waals surface area contributed by atoms with E-state index in [9.17, 15) is 9.59 Å². The van der Waals surface area contributed by atoms with E-state index in [0.717, 1.165) is 20.8 Å². The fourth-order valence-corrected chi connectivity index (χ4v) is 2.98. The van der Waals surface area contributed by atoms with Crippen LogP contribution in [-0.4, -0.2) is 16.8 Å². The van der Waals surface area contributed by atoms with Crippen molar-refractivity contribution in [2.45, 2.75) is 18.8 Å². The van der Waals surface area contributed by atoms with Gasteiger partial charge in [0.25, 0.3) is 0 Å². The Morgan fingerprint density at radius 2 is 2.16 bits per heavy atom. The third kappa shape index (κ3) is 2.26. The Labute approximate surface area is 118 Å². The predicted octanol–water partition coefficient (Wildman–Crippen LogP) is 2.52. The summed E-state index contributed by atoms with van der Waals surface area (Å²) in [5.74, 6) is -0.659. The molecule has 1 unspecified atom stereocenters. The Morgan fingerprint density at radius 1 is 1.32 bits per heavy atom. The lowest BCUT2D eigenvalue weighted by molar-refractivity contribution is -0.134. The molecule has 0 saturated carbocycles. The van der Waals surface area contributed by atoms with Gasteiger partial charge in [0.2, 0.25) is 11.8 Å². The lowest BCUT2D eigenvalue weighted by Gasteiger charge is -2.21. The SMILES string of the molecule is O=C1CCC(c2cc(Br)c3cnccc3c2)C(=O)N1. The van der Waals surface area contributed by atoms with E-state index in [1.54, 1.807) is 12.4 Å². The molecule has 96 valence electrons. The molecule has 1 N–H and O–H groups in total. The Morgan fingerprint density at radius 3 is 2.95 bits per heavy atom. The zero-order valence-corrected chi connectivity index (χ0v) is 11.6. The van der Waals surface area contributed by atoms with E-state index >= 15 is 0 Å². The number of hydrogen-bond acceptors (Lipinski definition) is 3. The number of pyridine rings is 1. The molecule has 0 bridgehead atoms. The summed E-state index contributed by atoms with van der Waals surface area (Å²) in [6.07, 6.45) is 4.47. The molecule has 0 aliphatic carbocycles. The van der Waals surface area contributed by atoms with E-state index < -0.39 is 0 Å². The Hall–Kier alpha value is -1.75. The van der Waals surface area contributed by atoms with E-state index in [0.29, 0.717) is 12.8 Å². The second-order valence-electron chi connectivity index (χ2n) is 4.60. The number of nitrogens with one attached hydrogen (secondary N) is 1. The summed E-state index contributed by atoms with van der Waals surface area (Å²) in [7, 11) is 0. The molecule has 1 aliphatic heterocycles. The molecule has 2 heterocycles. The topological polar surface area (TPSA) is 59.1 Å². The van der Waals surface area contributed by atoms with Crippen LogP contribution in [0, 0.1) is 0 Å². The van der Waals surface area contributed by atoms with E-state index in [2.05, 4.69) is 26.2 Å². The summed E-state index contributed by atoms with van der Waals surface area (Å²) < 4.78 is 0.915. The number of imide groups is 1. The van der Waals surface area contributed by atoms with Crippen molar-refractivity contribution in [3.63, 3.8) is 0 Å². The molecule has 1 aliphatic rings. The molecule has 19 heavy (non-hydrogen) atoms. The lowest BCUT2D eigenvalue weighted by Crippen LogP contribution is -2.39. The van der Waals surface area contributed by atoms with Gasteiger partial charge in [0.15, 0.2) is 0 Å². The standard InChI is InChI=1S/C14H11BrN2O2/c15-12-6-9(5-8-3-4-16-7-11(8)12)10-1-2-13(18)17-14(10)19/h3-7,10H,1-2H2,(H,17,18,19). The van der Waals surface area contributed by atoms with Crippen LogP contribution in [0.15, 0.2) is 35.1 Å². The van der Waals surface area contributed by atoms with Gasteiger partial charge in [-0.15, -0.1) is 0 Å². The van der Waals surface area contributed by atoms with Gasteiger partial charge in [-0.1, -0.05) is 22.0 Å². The first-order valence-corrected chi connectivity index (χ1v) is 6.81. The van der Waals surface area contributed by atoms with Crippen LogP contribution in [0.2, 0.25) is 0 Å². The number of aromatic nitrogens is 1. The maximum Gasteiger partial charge on any atom is 0.234 e. The molecule has 1 atom stereocenters. The minimum Gasteiger partial charge on any atom is -0.296 e. The highest BCUT2D eigenvalue weighted by Crippen LogP contribution is 2.31. The smallest absolute Gasteiger partial charge is 0.234 e. The molecular weight excluding hydrogens is 308 g/mol. The number of carbonyl (C=O) groups excluding carboxylic acids is 2. The number of piperidine rings is 1. The minimum atomic E-state index is -0.258. The van der Waals surface area contributed by atoms with Crippen molar-refractivity contribution in [1.29, 1.82) is 0 Å². The van der Waals surface area contributed by atoms with Gasteiger partial charge in [0, 0.05) is 28.7 Å². The number of amides is 2. The molecule has 0 spiro atoms. The summed E-state index contributed by atoms with van der Waals surface area (Å²) in [6, 6.07) is 5.83. The lowest BCUT2D eigenvalue weighted by atomic mass is 9.89. The molecule has 2 aromatic rings. The van der Waals surface area contributed by atoms with Gasteiger partial charge < -0.3 is 0 Å². The number of benzene rings is 1. The van der Waals surface area contributed by atoms with Gasteiger partial charge >= 0.3 is 0 Å². The Bertz CT molecular complexity index is 684. The van der Waals surface area contributed by atoms with Crippen molar-refractivity contribution in [3.8, 4) is 0 Å². The summed E-state index contributed by atoms with van der Waals surface area (Å²) in [6.45, 7) is 0. The highest BCUT2D eigenvalue weighted by molar-refractivity contribution is 9.10. The highest BCUT2D eigenvalue weighted by Gasteiger charge is 2.28. The fraction of sp³-hybridized carbons (Fsp3) is 0.214. The molecule has 1 saturated heterocycles. The van der Waals surface area contributed by atoms with Crippen molar-refractivity contribution in [2.24, 2.45) is 0 Å². The monoisotopic (exact) mass is 318 g/mol. The number of nitrogens with zero attached hydrogens (tertiary/aromatic N) is 1. The molecule has 0 radical (unpaired) electrons. The Balaban J connectivity index is 2.06. The van der Waals surface area contributed by atoms with E-state index in [-0.39, 0.29) is 17.7 Å². The molecule has 1 aromatic heterocycles. The fourth-order valence-electron chi connectivity index (χ4n) is 2.39. The zero-order valence-electron chi connectivity index (χ0n) is 10.0. The second-order valence-corrected chi connectivity index (χ2v) is 5.46. The van der Waals surface area contributed by atoms with E-state index in [1.807, 2.05) is 18.2 Å². The molecule has 2 amide bonds. The Kier molecular flexibility index (Phi) is 3.06. The number of fused-ring (bicyclic) bond motifs is 1. The summed E-state index contributed by atoms with van der Waals surface area (Å²) >= 11 is 3.51. The van der Waals surface area contributed by atoms with Crippen LogP contribution in [0.25, 0.3) is 10.8 Å². The number of carbonyl (C=O) groups is 2. The molecular formula is C14H11BrN2O2. The van der Waals surface area contributed by atoms with Gasteiger partial charge in [-0.2, -0.15) is 0 Å². The van der Waals surface area contributed by atoms with Crippen molar-refractivity contribution in [1.82, 2.24) is 10.3 Å². The average Bonchev–Trinajstić information content (AvgIpc) is 2.38. The normalized spacial score (nSPS) is 19.5. The van der Waals surface area contributed by atoms with Crippen LogP contribution in [0.5, 0.6) is 0 Å². The van der Waals surface area contributed by atoms with E-state index in [1.165, 1.54) is 0 Å². The van der Waals surface area contributed by atoms with Crippen molar-refractivity contribution < 1.29 is 9.59 Å². The van der Waals surface area contributed by atoms with Crippen LogP contribution in [0.1, 0.15) is 24.3 Å². The van der Waals surface area contributed by atoms with Gasteiger partial charge in [-0.05, 0) is 29.5 Å². The van der Waals surface area contributed by atoms with Gasteiger partial charge in [-0.3, -0.25) is 19.9 Å². The van der Waals surface area contributed by atoms with Gasteiger partial charge in [0.05, 0.1) is 5.92 Å².